The van der Waals surface area contributed by atoms with Crippen LogP contribution in [0, 0.1) is 0 Å². The van der Waals surface area contributed by atoms with Crippen LogP contribution in [0.25, 0.3) is 0 Å². The van der Waals surface area contributed by atoms with Gasteiger partial charge in [0.2, 0.25) is 11.8 Å². The van der Waals surface area contributed by atoms with E-state index in [0.717, 1.165) is 18.6 Å². The van der Waals surface area contributed by atoms with E-state index in [4.69, 9.17) is 9.25 Å². The van der Waals surface area contributed by atoms with Crippen LogP contribution in [0.4, 0.5) is 0 Å². The lowest BCUT2D eigenvalue weighted by atomic mass is 10.3. The molecule has 0 aliphatic rings. The molecule has 1 rings (SSSR count). The van der Waals surface area contributed by atoms with Crippen molar-refractivity contribution in [1.82, 2.24) is 10.8 Å². The second-order valence-corrected chi connectivity index (χ2v) is 3.79. The van der Waals surface area contributed by atoms with Gasteiger partial charge in [-0.25, -0.2) is 5.48 Å². The van der Waals surface area contributed by atoms with Gasteiger partial charge < -0.3 is 9.73 Å². The van der Waals surface area contributed by atoms with E-state index in [9.17, 15) is 9.59 Å². The van der Waals surface area contributed by atoms with Gasteiger partial charge in [-0.2, -0.15) is 0 Å². The van der Waals surface area contributed by atoms with Crippen molar-refractivity contribution in [2.24, 2.45) is 0 Å². The molecule has 0 bridgehead atoms. The zero-order chi connectivity index (χ0) is 13.2. The minimum Gasteiger partial charge on any atom is -0.469 e. The topological polar surface area (TPSA) is 80.6 Å². The predicted molar refractivity (Wildman–Crippen MR) is 64.4 cm³/mol. The van der Waals surface area contributed by atoms with Gasteiger partial charge >= 0.3 is 0 Å². The number of hydrogen-bond acceptors (Lipinski definition) is 4. The van der Waals surface area contributed by atoms with E-state index in [2.05, 4.69) is 10.8 Å². The van der Waals surface area contributed by atoms with Crippen LogP contribution in [0.5, 0.6) is 0 Å². The van der Waals surface area contributed by atoms with E-state index in [-0.39, 0.29) is 18.2 Å². The number of aryl methyl sites for hydroxylation is 1. The number of rotatable bonds is 8. The van der Waals surface area contributed by atoms with Crippen LogP contribution in [-0.2, 0) is 20.8 Å². The van der Waals surface area contributed by atoms with E-state index in [1.54, 1.807) is 6.26 Å². The van der Waals surface area contributed by atoms with Gasteiger partial charge in [0.05, 0.1) is 12.9 Å². The Bertz CT molecular complexity index is 362. The van der Waals surface area contributed by atoms with Crippen LogP contribution in [0.3, 0.4) is 0 Å². The van der Waals surface area contributed by atoms with E-state index in [1.807, 2.05) is 12.1 Å². The first-order valence-corrected chi connectivity index (χ1v) is 5.86. The minimum atomic E-state index is -0.248. The van der Waals surface area contributed by atoms with Crippen molar-refractivity contribution in [2.75, 3.05) is 13.2 Å². The summed E-state index contributed by atoms with van der Waals surface area (Å²) in [6, 6.07) is 3.73. The third kappa shape index (κ3) is 6.70. The van der Waals surface area contributed by atoms with Crippen molar-refractivity contribution < 1.29 is 18.8 Å². The summed E-state index contributed by atoms with van der Waals surface area (Å²) in [7, 11) is 0. The largest absolute Gasteiger partial charge is 0.469 e. The van der Waals surface area contributed by atoms with Gasteiger partial charge in [0.25, 0.3) is 0 Å². The van der Waals surface area contributed by atoms with Crippen LogP contribution in [-0.4, -0.2) is 25.0 Å². The predicted octanol–water partition coefficient (Wildman–Crippen LogP) is 0.786. The summed E-state index contributed by atoms with van der Waals surface area (Å²) in [5.74, 6) is 0.500. The van der Waals surface area contributed by atoms with E-state index >= 15 is 0 Å². The number of carbonyl (C=O) groups excluding carboxylic acids is 2. The summed E-state index contributed by atoms with van der Waals surface area (Å²) < 4.78 is 5.15. The molecule has 0 fully saturated rings. The van der Waals surface area contributed by atoms with Crippen molar-refractivity contribution >= 4 is 11.8 Å². The quantitative estimate of drug-likeness (QED) is 0.531. The van der Waals surface area contributed by atoms with Gasteiger partial charge in [-0.1, -0.05) is 0 Å². The van der Waals surface area contributed by atoms with E-state index in [1.165, 1.54) is 6.92 Å². The first-order valence-electron chi connectivity index (χ1n) is 5.86. The molecule has 0 aliphatic heterocycles. The van der Waals surface area contributed by atoms with Crippen LogP contribution in [0.15, 0.2) is 22.8 Å². The minimum absolute atomic E-state index is 0.151. The molecule has 0 unspecified atom stereocenters. The number of carbonyl (C=O) groups is 2. The number of hydrogen-bond donors (Lipinski definition) is 2. The summed E-state index contributed by atoms with van der Waals surface area (Å²) >= 11 is 0. The Kier molecular flexibility index (Phi) is 6.56. The molecular formula is C12H18N2O4. The van der Waals surface area contributed by atoms with Crippen molar-refractivity contribution in [3.8, 4) is 0 Å². The van der Waals surface area contributed by atoms with Gasteiger partial charge in [0.1, 0.15) is 5.76 Å². The first kappa shape index (κ1) is 14.2. The highest BCUT2D eigenvalue weighted by atomic mass is 16.6. The van der Waals surface area contributed by atoms with Crippen LogP contribution < -0.4 is 10.8 Å². The molecule has 100 valence electrons. The lowest BCUT2D eigenvalue weighted by Crippen LogP contribution is -2.29. The molecule has 0 saturated carbocycles. The molecule has 18 heavy (non-hydrogen) atoms. The Morgan fingerprint density at radius 3 is 2.94 bits per heavy atom. The lowest BCUT2D eigenvalue weighted by molar-refractivity contribution is -0.133. The maximum absolute atomic E-state index is 11.2. The highest BCUT2D eigenvalue weighted by Gasteiger charge is 2.01. The number of amides is 2. The maximum atomic E-state index is 11.2. The van der Waals surface area contributed by atoms with E-state index in [0.29, 0.717) is 13.2 Å². The molecule has 2 amide bonds. The van der Waals surface area contributed by atoms with Crippen LogP contribution >= 0.6 is 0 Å². The lowest BCUT2D eigenvalue weighted by Gasteiger charge is -2.05. The summed E-state index contributed by atoms with van der Waals surface area (Å²) in [5.41, 5.74) is 2.32. The highest BCUT2D eigenvalue weighted by molar-refractivity contribution is 5.77. The second kappa shape index (κ2) is 8.30. The SMILES string of the molecule is CC(=O)NCCC(=O)NOCCCc1ccco1. The standard InChI is InChI=1S/C12H18N2O4/c1-10(15)13-7-6-12(16)14-18-9-3-5-11-4-2-8-17-11/h2,4,8H,3,5-7,9H2,1H3,(H,13,15)(H,14,16). The summed E-state index contributed by atoms with van der Waals surface area (Å²) in [6.07, 6.45) is 3.37. The fourth-order valence-corrected chi connectivity index (χ4v) is 1.31. The molecule has 6 heteroatoms. The van der Waals surface area contributed by atoms with Gasteiger partial charge in [-0.15, -0.1) is 0 Å². The molecule has 0 aliphatic carbocycles. The third-order valence-electron chi connectivity index (χ3n) is 2.16. The smallest absolute Gasteiger partial charge is 0.245 e. The van der Waals surface area contributed by atoms with Gasteiger partial charge in [-0.05, 0) is 18.6 Å². The van der Waals surface area contributed by atoms with Crippen molar-refractivity contribution in [2.45, 2.75) is 26.2 Å². The molecule has 0 atom stereocenters. The highest BCUT2D eigenvalue weighted by Crippen LogP contribution is 2.02. The van der Waals surface area contributed by atoms with Crippen LogP contribution in [0.2, 0.25) is 0 Å². The Labute approximate surface area is 106 Å². The maximum Gasteiger partial charge on any atom is 0.245 e. The molecular weight excluding hydrogens is 236 g/mol. The zero-order valence-corrected chi connectivity index (χ0v) is 10.4. The monoisotopic (exact) mass is 254 g/mol. The second-order valence-electron chi connectivity index (χ2n) is 3.79. The molecule has 1 heterocycles. The Morgan fingerprint density at radius 1 is 1.44 bits per heavy atom. The third-order valence-corrected chi connectivity index (χ3v) is 2.16. The normalized spacial score (nSPS) is 10.1. The first-order chi connectivity index (χ1) is 8.68. The number of furan rings is 1. The molecule has 0 radical (unpaired) electrons. The molecule has 0 aromatic carbocycles. The molecule has 0 spiro atoms. The van der Waals surface area contributed by atoms with Gasteiger partial charge in [-0.3, -0.25) is 14.4 Å². The average Bonchev–Trinajstić information content (AvgIpc) is 2.81. The van der Waals surface area contributed by atoms with Crippen molar-refractivity contribution in [1.29, 1.82) is 0 Å². The number of nitrogens with one attached hydrogen (secondary N) is 2. The Morgan fingerprint density at radius 2 is 2.28 bits per heavy atom. The zero-order valence-electron chi connectivity index (χ0n) is 10.4. The summed E-state index contributed by atoms with van der Waals surface area (Å²) in [5, 5.41) is 2.53. The molecule has 2 N–H and O–H groups in total. The molecule has 1 aromatic rings. The van der Waals surface area contributed by atoms with Gasteiger partial charge in [0.15, 0.2) is 0 Å². The van der Waals surface area contributed by atoms with Crippen LogP contribution in [0.1, 0.15) is 25.5 Å². The summed E-state index contributed by atoms with van der Waals surface area (Å²) in [4.78, 5) is 26.8. The Hall–Kier alpha value is -1.82. The fraction of sp³-hybridized carbons (Fsp3) is 0.500. The average molecular weight is 254 g/mol. The van der Waals surface area contributed by atoms with E-state index < -0.39 is 0 Å². The summed E-state index contributed by atoms with van der Waals surface area (Å²) in [6.45, 7) is 2.15. The number of hydroxylamine groups is 1. The van der Waals surface area contributed by atoms with Gasteiger partial charge in [0, 0.05) is 26.3 Å². The van der Waals surface area contributed by atoms with Crippen molar-refractivity contribution in [3.05, 3.63) is 24.2 Å². The Balaban J connectivity index is 1.94. The van der Waals surface area contributed by atoms with Crippen molar-refractivity contribution in [3.63, 3.8) is 0 Å². The fourth-order valence-electron chi connectivity index (χ4n) is 1.31. The molecule has 1 aromatic heterocycles. The molecule has 0 saturated heterocycles. The molecule has 6 nitrogen and oxygen atoms in total.